The highest BCUT2D eigenvalue weighted by molar-refractivity contribution is 5.80. The number of aryl methyl sites for hydroxylation is 1. The second kappa shape index (κ2) is 6.76. The Morgan fingerprint density at radius 2 is 1.89 bits per heavy atom. The van der Waals surface area contributed by atoms with Gasteiger partial charge in [-0.15, -0.1) is 0 Å². The Kier molecular flexibility index (Phi) is 4.42. The molecule has 1 aliphatic carbocycles. The van der Waals surface area contributed by atoms with Crippen LogP contribution in [0.2, 0.25) is 0 Å². The van der Waals surface area contributed by atoms with Gasteiger partial charge in [0.15, 0.2) is 0 Å². The number of rotatable bonds is 2. The summed E-state index contributed by atoms with van der Waals surface area (Å²) in [4.78, 5) is 19.7. The Morgan fingerprint density at radius 1 is 1.15 bits per heavy atom. The highest BCUT2D eigenvalue weighted by atomic mass is 19.1. The molecule has 4 rings (SSSR count). The number of aromatic amines is 1. The lowest BCUT2D eigenvalue weighted by atomic mass is 9.88. The minimum atomic E-state index is -0.233. The summed E-state index contributed by atoms with van der Waals surface area (Å²) in [6, 6.07) is 8.41. The van der Waals surface area contributed by atoms with E-state index in [4.69, 9.17) is 4.98 Å². The van der Waals surface area contributed by atoms with Gasteiger partial charge in [0, 0.05) is 23.5 Å². The fraction of sp³-hybridized carbons (Fsp3) is 0.304. The number of hydrogen-bond acceptors (Lipinski definition) is 2. The first kappa shape index (κ1) is 17.7. The van der Waals surface area contributed by atoms with E-state index in [1.54, 1.807) is 12.3 Å². The largest absolute Gasteiger partial charge is 0.328 e. The summed E-state index contributed by atoms with van der Waals surface area (Å²) in [6.45, 7) is 6.39. The van der Waals surface area contributed by atoms with Crippen LogP contribution in [0.4, 0.5) is 4.39 Å². The molecule has 3 nitrogen and oxygen atoms in total. The van der Waals surface area contributed by atoms with Gasteiger partial charge in [0.1, 0.15) is 5.82 Å². The predicted molar refractivity (Wildman–Crippen MR) is 107 cm³/mol. The maximum atomic E-state index is 13.5. The summed E-state index contributed by atoms with van der Waals surface area (Å²) in [5.74, 6) is 0.0347. The lowest BCUT2D eigenvalue weighted by Gasteiger charge is -2.21. The van der Waals surface area contributed by atoms with Crippen molar-refractivity contribution in [3.63, 3.8) is 0 Å². The van der Waals surface area contributed by atoms with Crippen LogP contribution in [-0.2, 0) is 12.8 Å². The van der Waals surface area contributed by atoms with E-state index < -0.39 is 0 Å². The molecule has 0 saturated carbocycles. The van der Waals surface area contributed by atoms with E-state index in [1.807, 2.05) is 12.1 Å². The Balaban J connectivity index is 2.07. The molecule has 0 saturated heterocycles. The molecule has 138 valence electrons. The molecule has 4 heteroatoms. The summed E-state index contributed by atoms with van der Waals surface area (Å²) in [6.07, 6.45) is 4.49. The van der Waals surface area contributed by atoms with Gasteiger partial charge in [-0.05, 0) is 72.1 Å². The van der Waals surface area contributed by atoms with Crippen LogP contribution in [0.25, 0.3) is 22.4 Å². The van der Waals surface area contributed by atoms with E-state index >= 15 is 0 Å². The molecule has 0 fully saturated rings. The van der Waals surface area contributed by atoms with Crippen LogP contribution < -0.4 is 5.56 Å². The van der Waals surface area contributed by atoms with E-state index in [0.717, 1.165) is 58.5 Å². The molecule has 27 heavy (non-hydrogen) atoms. The first-order valence-electron chi connectivity index (χ1n) is 9.47. The van der Waals surface area contributed by atoms with Gasteiger partial charge in [-0.3, -0.25) is 9.78 Å². The zero-order valence-corrected chi connectivity index (χ0v) is 15.9. The van der Waals surface area contributed by atoms with Gasteiger partial charge >= 0.3 is 0 Å². The summed E-state index contributed by atoms with van der Waals surface area (Å²) in [5.41, 5.74) is 8.50. The molecular weight excluding hydrogens is 339 g/mol. The number of fused-ring (bicyclic) bond motifs is 3. The van der Waals surface area contributed by atoms with Gasteiger partial charge in [-0.1, -0.05) is 26.0 Å². The molecule has 0 amide bonds. The van der Waals surface area contributed by atoms with Crippen LogP contribution in [0.3, 0.4) is 0 Å². The average Bonchev–Trinajstić information content (AvgIpc) is 2.80. The van der Waals surface area contributed by atoms with E-state index in [2.05, 4.69) is 25.8 Å². The SMILES string of the molecule is Cc1c(C(C)C)nc2c(c1-c1ccc(F)cc1)CCCc1cc(=O)[nH]cc1-2. The first-order chi connectivity index (χ1) is 13.0. The summed E-state index contributed by atoms with van der Waals surface area (Å²) in [7, 11) is 0. The Bertz CT molecular complexity index is 1060. The zero-order chi connectivity index (χ0) is 19.1. The molecule has 1 aromatic carbocycles. The van der Waals surface area contributed by atoms with E-state index in [-0.39, 0.29) is 17.3 Å². The standard InChI is InChI=1S/C23H23FN2O/c1-13(2)22-14(3)21(15-7-9-17(24)10-8-15)18-6-4-5-16-11-20(27)25-12-19(16)23(18)26-22/h7-13H,4-6H2,1-3H3,(H,25,27). The fourth-order valence-corrected chi connectivity index (χ4v) is 4.18. The molecule has 3 aromatic rings. The molecule has 0 unspecified atom stereocenters. The van der Waals surface area contributed by atoms with Gasteiger partial charge < -0.3 is 4.98 Å². The van der Waals surface area contributed by atoms with E-state index in [0.29, 0.717) is 0 Å². The Hall–Kier alpha value is -2.75. The molecule has 0 aliphatic heterocycles. The minimum absolute atomic E-state index is 0.0767. The molecule has 0 atom stereocenters. The van der Waals surface area contributed by atoms with E-state index in [1.165, 1.54) is 17.7 Å². The van der Waals surface area contributed by atoms with Gasteiger partial charge in [0.05, 0.1) is 5.69 Å². The van der Waals surface area contributed by atoms with Crippen LogP contribution in [0, 0.1) is 12.7 Å². The minimum Gasteiger partial charge on any atom is -0.328 e. The molecule has 2 aromatic heterocycles. The molecule has 1 N–H and O–H groups in total. The maximum Gasteiger partial charge on any atom is 0.248 e. The topological polar surface area (TPSA) is 45.8 Å². The average molecular weight is 362 g/mol. The second-order valence-corrected chi connectivity index (χ2v) is 7.58. The van der Waals surface area contributed by atoms with Crippen LogP contribution in [0.15, 0.2) is 41.3 Å². The number of benzene rings is 1. The molecule has 2 heterocycles. The summed E-state index contributed by atoms with van der Waals surface area (Å²) >= 11 is 0. The monoisotopic (exact) mass is 362 g/mol. The third kappa shape index (κ3) is 3.09. The van der Waals surface area contributed by atoms with Crippen molar-refractivity contribution in [3.8, 4) is 22.4 Å². The maximum absolute atomic E-state index is 13.5. The van der Waals surface area contributed by atoms with Crippen molar-refractivity contribution in [2.75, 3.05) is 0 Å². The van der Waals surface area contributed by atoms with Crippen molar-refractivity contribution in [2.45, 2.75) is 46.0 Å². The van der Waals surface area contributed by atoms with Crippen molar-refractivity contribution >= 4 is 0 Å². The number of nitrogens with zero attached hydrogens (tertiary/aromatic N) is 1. The molecule has 0 radical (unpaired) electrons. The normalized spacial score (nSPS) is 13.2. The molecule has 0 bridgehead atoms. The van der Waals surface area contributed by atoms with Crippen molar-refractivity contribution in [3.05, 3.63) is 75.1 Å². The zero-order valence-electron chi connectivity index (χ0n) is 15.9. The number of hydrogen-bond donors (Lipinski definition) is 1. The highest BCUT2D eigenvalue weighted by Crippen LogP contribution is 2.40. The van der Waals surface area contributed by atoms with Crippen LogP contribution in [-0.4, -0.2) is 9.97 Å². The lowest BCUT2D eigenvalue weighted by molar-refractivity contribution is 0.628. The number of halogens is 1. The summed E-state index contributed by atoms with van der Waals surface area (Å²) < 4.78 is 13.5. The Labute approximate surface area is 158 Å². The third-order valence-corrected chi connectivity index (χ3v) is 5.40. The van der Waals surface area contributed by atoms with Crippen molar-refractivity contribution in [1.82, 2.24) is 9.97 Å². The van der Waals surface area contributed by atoms with Crippen LogP contribution >= 0.6 is 0 Å². The van der Waals surface area contributed by atoms with Crippen molar-refractivity contribution in [1.29, 1.82) is 0 Å². The molecule has 1 aliphatic rings. The molecule has 0 spiro atoms. The second-order valence-electron chi connectivity index (χ2n) is 7.58. The highest BCUT2D eigenvalue weighted by Gasteiger charge is 2.24. The Morgan fingerprint density at radius 3 is 2.59 bits per heavy atom. The van der Waals surface area contributed by atoms with Gasteiger partial charge in [0.2, 0.25) is 5.56 Å². The van der Waals surface area contributed by atoms with Gasteiger partial charge in [0.25, 0.3) is 0 Å². The first-order valence-corrected chi connectivity index (χ1v) is 9.47. The third-order valence-electron chi connectivity index (χ3n) is 5.40. The summed E-state index contributed by atoms with van der Waals surface area (Å²) in [5, 5.41) is 0. The number of nitrogens with one attached hydrogen (secondary N) is 1. The predicted octanol–water partition coefficient (Wildman–Crippen LogP) is 5.16. The van der Waals surface area contributed by atoms with Gasteiger partial charge in [-0.25, -0.2) is 4.39 Å². The van der Waals surface area contributed by atoms with Gasteiger partial charge in [-0.2, -0.15) is 0 Å². The number of pyridine rings is 2. The van der Waals surface area contributed by atoms with Crippen molar-refractivity contribution in [2.24, 2.45) is 0 Å². The number of H-pyrrole nitrogens is 1. The lowest BCUT2D eigenvalue weighted by Crippen LogP contribution is -2.09. The van der Waals surface area contributed by atoms with Crippen molar-refractivity contribution < 1.29 is 4.39 Å². The quantitative estimate of drug-likeness (QED) is 0.684. The van der Waals surface area contributed by atoms with E-state index in [9.17, 15) is 9.18 Å². The smallest absolute Gasteiger partial charge is 0.248 e. The molecular formula is C23H23FN2O. The van der Waals surface area contributed by atoms with Crippen LogP contribution in [0.5, 0.6) is 0 Å². The number of aromatic nitrogens is 2. The fourth-order valence-electron chi connectivity index (χ4n) is 4.18. The van der Waals surface area contributed by atoms with Crippen LogP contribution in [0.1, 0.15) is 48.6 Å².